The maximum Gasteiger partial charge on any atom is 0.243 e. The SMILES string of the molecule is O=S(=O)(c1ccc(I)cc1)N1CCC(F)C1. The van der Waals surface area contributed by atoms with Crippen LogP contribution in [-0.4, -0.2) is 32.0 Å². The first-order valence-electron chi connectivity index (χ1n) is 4.90. The lowest BCUT2D eigenvalue weighted by molar-refractivity contribution is 0.343. The summed E-state index contributed by atoms with van der Waals surface area (Å²) >= 11 is 2.11. The molecule has 0 bridgehead atoms. The molecular formula is C10H11FINO2S. The molecule has 0 amide bonds. The van der Waals surface area contributed by atoms with Gasteiger partial charge in [0.15, 0.2) is 0 Å². The molecule has 0 saturated carbocycles. The topological polar surface area (TPSA) is 37.4 Å². The summed E-state index contributed by atoms with van der Waals surface area (Å²) in [6, 6.07) is 6.58. The fraction of sp³-hybridized carbons (Fsp3) is 0.400. The molecule has 1 atom stereocenters. The van der Waals surface area contributed by atoms with Crippen LogP contribution in [0.2, 0.25) is 0 Å². The van der Waals surface area contributed by atoms with Crippen LogP contribution in [0.1, 0.15) is 6.42 Å². The van der Waals surface area contributed by atoms with Crippen LogP contribution in [0, 0.1) is 3.57 Å². The molecule has 0 aromatic heterocycles. The number of benzene rings is 1. The molecule has 1 aliphatic heterocycles. The molecule has 1 unspecified atom stereocenters. The second kappa shape index (κ2) is 4.58. The van der Waals surface area contributed by atoms with Crippen LogP contribution in [0.5, 0.6) is 0 Å². The van der Waals surface area contributed by atoms with Gasteiger partial charge in [-0.25, -0.2) is 12.8 Å². The summed E-state index contributed by atoms with van der Waals surface area (Å²) in [7, 11) is -3.50. The molecule has 6 heteroatoms. The third kappa shape index (κ3) is 2.38. The predicted molar refractivity (Wildman–Crippen MR) is 67.4 cm³/mol. The van der Waals surface area contributed by atoms with Gasteiger partial charge in [-0.1, -0.05) is 0 Å². The molecule has 0 N–H and O–H groups in total. The maximum absolute atomic E-state index is 13.0. The van der Waals surface area contributed by atoms with Gasteiger partial charge in [0.25, 0.3) is 0 Å². The summed E-state index contributed by atoms with van der Waals surface area (Å²) in [4.78, 5) is 0.238. The molecular weight excluding hydrogens is 344 g/mol. The van der Waals surface area contributed by atoms with Gasteiger partial charge in [0.05, 0.1) is 4.90 Å². The van der Waals surface area contributed by atoms with Gasteiger partial charge in [-0.15, -0.1) is 0 Å². The van der Waals surface area contributed by atoms with Crippen molar-refractivity contribution in [2.75, 3.05) is 13.1 Å². The lowest BCUT2D eigenvalue weighted by atomic mass is 10.4. The van der Waals surface area contributed by atoms with E-state index in [-0.39, 0.29) is 18.0 Å². The van der Waals surface area contributed by atoms with Gasteiger partial charge >= 0.3 is 0 Å². The fourth-order valence-corrected chi connectivity index (χ4v) is 3.50. The fourth-order valence-electron chi connectivity index (χ4n) is 1.66. The Kier molecular flexibility index (Phi) is 3.50. The Morgan fingerprint density at radius 1 is 1.31 bits per heavy atom. The summed E-state index contributed by atoms with van der Waals surface area (Å²) in [5.74, 6) is 0. The van der Waals surface area contributed by atoms with E-state index in [9.17, 15) is 12.8 Å². The Morgan fingerprint density at radius 3 is 2.44 bits per heavy atom. The Balaban J connectivity index is 2.29. The van der Waals surface area contributed by atoms with Crippen LogP contribution in [0.4, 0.5) is 4.39 Å². The van der Waals surface area contributed by atoms with Crippen molar-refractivity contribution in [2.45, 2.75) is 17.5 Å². The van der Waals surface area contributed by atoms with Crippen LogP contribution < -0.4 is 0 Å². The van der Waals surface area contributed by atoms with E-state index in [4.69, 9.17) is 0 Å². The van der Waals surface area contributed by atoms with E-state index in [2.05, 4.69) is 22.6 Å². The molecule has 1 saturated heterocycles. The zero-order valence-electron chi connectivity index (χ0n) is 8.44. The van der Waals surface area contributed by atoms with E-state index in [1.165, 1.54) is 4.31 Å². The molecule has 0 spiro atoms. The van der Waals surface area contributed by atoms with E-state index >= 15 is 0 Å². The molecule has 0 aliphatic carbocycles. The van der Waals surface area contributed by atoms with Crippen molar-refractivity contribution in [3.05, 3.63) is 27.8 Å². The third-order valence-electron chi connectivity index (χ3n) is 2.54. The first-order valence-corrected chi connectivity index (χ1v) is 7.42. The summed E-state index contributed by atoms with van der Waals surface area (Å²) < 4.78 is 39.3. The van der Waals surface area contributed by atoms with Gasteiger partial charge in [0, 0.05) is 16.7 Å². The average molecular weight is 355 g/mol. The van der Waals surface area contributed by atoms with Gasteiger partial charge in [-0.05, 0) is 53.3 Å². The summed E-state index contributed by atoms with van der Waals surface area (Å²) in [5.41, 5.74) is 0. The monoisotopic (exact) mass is 355 g/mol. The van der Waals surface area contributed by atoms with E-state index in [1.807, 2.05) is 0 Å². The minimum Gasteiger partial charge on any atom is -0.246 e. The van der Waals surface area contributed by atoms with Crippen molar-refractivity contribution < 1.29 is 12.8 Å². The molecule has 2 rings (SSSR count). The van der Waals surface area contributed by atoms with Crippen molar-refractivity contribution in [1.82, 2.24) is 4.31 Å². The highest BCUT2D eigenvalue weighted by Gasteiger charge is 2.32. The highest BCUT2D eigenvalue weighted by Crippen LogP contribution is 2.22. The van der Waals surface area contributed by atoms with Crippen molar-refractivity contribution >= 4 is 32.6 Å². The molecule has 1 heterocycles. The normalized spacial score (nSPS) is 22.5. The van der Waals surface area contributed by atoms with Crippen molar-refractivity contribution in [3.63, 3.8) is 0 Å². The largest absolute Gasteiger partial charge is 0.246 e. The first-order chi connectivity index (χ1) is 7.50. The van der Waals surface area contributed by atoms with Crippen LogP contribution >= 0.6 is 22.6 Å². The number of hydrogen-bond donors (Lipinski definition) is 0. The average Bonchev–Trinajstić information content (AvgIpc) is 2.66. The lowest BCUT2D eigenvalue weighted by Crippen LogP contribution is -2.29. The van der Waals surface area contributed by atoms with Crippen LogP contribution in [0.3, 0.4) is 0 Å². The van der Waals surface area contributed by atoms with Crippen molar-refractivity contribution in [3.8, 4) is 0 Å². The molecule has 1 aromatic rings. The van der Waals surface area contributed by atoms with E-state index < -0.39 is 16.2 Å². The van der Waals surface area contributed by atoms with Crippen molar-refractivity contribution in [1.29, 1.82) is 0 Å². The molecule has 0 radical (unpaired) electrons. The third-order valence-corrected chi connectivity index (χ3v) is 5.14. The number of rotatable bonds is 2. The number of halogens is 2. The van der Waals surface area contributed by atoms with E-state index in [1.54, 1.807) is 24.3 Å². The quantitative estimate of drug-likeness (QED) is 0.762. The van der Waals surface area contributed by atoms with Gasteiger partial charge in [-0.2, -0.15) is 4.31 Å². The standard InChI is InChI=1S/C10H11FINO2S/c11-8-5-6-13(7-8)16(14,15)10-3-1-9(12)2-4-10/h1-4,8H,5-7H2. The van der Waals surface area contributed by atoms with Gasteiger partial charge in [-0.3, -0.25) is 0 Å². The number of sulfonamides is 1. The number of hydrogen-bond acceptors (Lipinski definition) is 2. The predicted octanol–water partition coefficient (Wildman–Crippen LogP) is 2.02. The molecule has 1 aliphatic rings. The Morgan fingerprint density at radius 2 is 1.94 bits per heavy atom. The van der Waals surface area contributed by atoms with Gasteiger partial charge in [0.2, 0.25) is 10.0 Å². The number of nitrogens with zero attached hydrogens (tertiary/aromatic N) is 1. The second-order valence-corrected chi connectivity index (χ2v) is 6.89. The highest BCUT2D eigenvalue weighted by molar-refractivity contribution is 14.1. The molecule has 1 aromatic carbocycles. The second-order valence-electron chi connectivity index (χ2n) is 3.70. The minimum atomic E-state index is -3.50. The minimum absolute atomic E-state index is 0.0195. The Hall–Kier alpha value is -0.210. The Bertz CT molecular complexity index is 474. The zero-order valence-corrected chi connectivity index (χ0v) is 11.4. The highest BCUT2D eigenvalue weighted by atomic mass is 127. The molecule has 1 fully saturated rings. The Labute approximate surface area is 108 Å². The van der Waals surface area contributed by atoms with Crippen LogP contribution in [0.15, 0.2) is 29.2 Å². The maximum atomic E-state index is 13.0. The molecule has 88 valence electrons. The van der Waals surface area contributed by atoms with E-state index in [0.717, 1.165) is 3.57 Å². The summed E-state index contributed by atoms with van der Waals surface area (Å²) in [6.45, 7) is 0.254. The zero-order chi connectivity index (χ0) is 11.8. The molecule has 3 nitrogen and oxygen atoms in total. The summed E-state index contributed by atoms with van der Waals surface area (Å²) in [6.07, 6.45) is -0.734. The van der Waals surface area contributed by atoms with Crippen molar-refractivity contribution in [2.24, 2.45) is 0 Å². The van der Waals surface area contributed by atoms with E-state index in [0.29, 0.717) is 6.42 Å². The smallest absolute Gasteiger partial charge is 0.243 e. The lowest BCUT2D eigenvalue weighted by Gasteiger charge is -2.15. The van der Waals surface area contributed by atoms with Gasteiger partial charge < -0.3 is 0 Å². The summed E-state index contributed by atoms with van der Waals surface area (Å²) in [5, 5.41) is 0. The van der Waals surface area contributed by atoms with Crippen LogP contribution in [0.25, 0.3) is 0 Å². The van der Waals surface area contributed by atoms with Gasteiger partial charge in [0.1, 0.15) is 6.17 Å². The molecule has 16 heavy (non-hydrogen) atoms. The first kappa shape index (κ1) is 12.3. The number of alkyl halides is 1. The van der Waals surface area contributed by atoms with Crippen LogP contribution in [-0.2, 0) is 10.0 Å².